The summed E-state index contributed by atoms with van der Waals surface area (Å²) in [7, 11) is 0. The maximum atomic E-state index is 14.3. The Bertz CT molecular complexity index is 613. The minimum atomic E-state index is -4.73. The largest absolute Gasteiger partial charge is 0.443 e. The van der Waals surface area contributed by atoms with E-state index in [2.05, 4.69) is 13.5 Å². The molecule has 5 aliphatic rings. The molecule has 5 nitrogen and oxygen atoms in total. The molecule has 4 saturated heterocycles. The van der Waals surface area contributed by atoms with E-state index >= 15 is 0 Å². The molecule has 0 aromatic rings. The first kappa shape index (κ1) is 19.6. The summed E-state index contributed by atoms with van der Waals surface area (Å²) in [6.07, 6.45) is -1.96. The van der Waals surface area contributed by atoms with Gasteiger partial charge in [-0.15, -0.1) is 6.58 Å². The van der Waals surface area contributed by atoms with Gasteiger partial charge in [0.05, 0.1) is 6.61 Å². The van der Waals surface area contributed by atoms with Crippen molar-refractivity contribution >= 4 is 0 Å². The predicted molar refractivity (Wildman–Crippen MR) is 88.0 cm³/mol. The topological polar surface area (TPSA) is 46.2 Å². The molecule has 0 N–H and O–H groups in total. The van der Waals surface area contributed by atoms with E-state index in [1.807, 2.05) is 0 Å². The second-order valence-corrected chi connectivity index (χ2v) is 8.58. The van der Waals surface area contributed by atoms with Crippen LogP contribution in [-0.2, 0) is 24.0 Å². The highest BCUT2D eigenvalue weighted by atomic mass is 19.4. The summed E-state index contributed by atoms with van der Waals surface area (Å²) in [5.74, 6) is -5.08. The van der Waals surface area contributed by atoms with Crippen molar-refractivity contribution in [3.05, 3.63) is 12.7 Å². The summed E-state index contributed by atoms with van der Waals surface area (Å²) in [5.41, 5.74) is -1.06. The van der Waals surface area contributed by atoms with Gasteiger partial charge >= 0.3 is 6.18 Å². The van der Waals surface area contributed by atoms with Crippen molar-refractivity contribution in [1.29, 1.82) is 0 Å². The van der Waals surface area contributed by atoms with E-state index in [1.165, 1.54) is 13.0 Å². The first-order chi connectivity index (χ1) is 12.6. The van der Waals surface area contributed by atoms with Crippen LogP contribution in [0, 0.1) is 23.7 Å². The van der Waals surface area contributed by atoms with E-state index in [0.717, 1.165) is 12.8 Å². The van der Waals surface area contributed by atoms with Crippen LogP contribution in [0.5, 0.6) is 0 Å². The van der Waals surface area contributed by atoms with Gasteiger partial charge in [0.25, 0.3) is 5.79 Å². The molecule has 0 amide bonds. The second-order valence-electron chi connectivity index (χ2n) is 8.58. The third-order valence-corrected chi connectivity index (χ3v) is 7.07. The number of ether oxygens (including phenoxy) is 3. The first-order valence-corrected chi connectivity index (χ1v) is 9.64. The Morgan fingerprint density at radius 3 is 2.52 bits per heavy atom. The van der Waals surface area contributed by atoms with Crippen LogP contribution in [0.25, 0.3) is 0 Å². The van der Waals surface area contributed by atoms with E-state index in [1.54, 1.807) is 6.92 Å². The lowest BCUT2D eigenvalue weighted by molar-refractivity contribution is -0.598. The summed E-state index contributed by atoms with van der Waals surface area (Å²) in [5, 5.41) is 0. The van der Waals surface area contributed by atoms with Crippen LogP contribution in [0.3, 0.4) is 0 Å². The maximum Gasteiger partial charge on any atom is 0.443 e. The smallest absolute Gasteiger partial charge is 0.338 e. The average molecular weight is 392 g/mol. The number of hydrogen-bond acceptors (Lipinski definition) is 5. The molecule has 1 saturated carbocycles. The van der Waals surface area contributed by atoms with Crippen LogP contribution in [0.15, 0.2) is 12.7 Å². The highest BCUT2D eigenvalue weighted by molar-refractivity contribution is 5.12. The Labute approximate surface area is 157 Å². The summed E-state index contributed by atoms with van der Waals surface area (Å²) in [6.45, 7) is 8.52. The molecule has 2 unspecified atom stereocenters. The minimum Gasteiger partial charge on any atom is -0.338 e. The van der Waals surface area contributed by atoms with Gasteiger partial charge in [0.15, 0.2) is 11.9 Å². The molecule has 5 fully saturated rings. The van der Waals surface area contributed by atoms with E-state index in [0.29, 0.717) is 12.8 Å². The van der Waals surface area contributed by atoms with Crippen molar-refractivity contribution in [1.82, 2.24) is 0 Å². The molecule has 1 spiro atoms. The van der Waals surface area contributed by atoms with Gasteiger partial charge < -0.3 is 14.2 Å². The van der Waals surface area contributed by atoms with Crippen molar-refractivity contribution in [2.45, 2.75) is 76.1 Å². The standard InChI is InChI=1S/C19H27F3O5/c1-5-10-23-18(19(20,21)22)12(3)14-7-6-11(2)13-8-9-16(4)24-15(25-18)17(13,14)27-26-16/h5,11-15H,1,6-10H2,2-4H3/t11-,12-,13+,14?,15+,16+,17?,18-/m1/s1. The van der Waals surface area contributed by atoms with Crippen molar-refractivity contribution < 1.29 is 37.2 Å². The lowest BCUT2D eigenvalue weighted by atomic mass is 9.57. The molecule has 8 atom stereocenters. The monoisotopic (exact) mass is 392 g/mol. The van der Waals surface area contributed by atoms with Gasteiger partial charge in [-0.25, -0.2) is 9.78 Å². The minimum absolute atomic E-state index is 0.00124. The van der Waals surface area contributed by atoms with E-state index in [-0.39, 0.29) is 18.4 Å². The molecular weight excluding hydrogens is 365 g/mol. The summed E-state index contributed by atoms with van der Waals surface area (Å²) in [4.78, 5) is 11.5. The molecule has 4 heterocycles. The van der Waals surface area contributed by atoms with Crippen LogP contribution in [-0.4, -0.2) is 36.2 Å². The molecular formula is C19H27F3O5. The zero-order valence-corrected chi connectivity index (χ0v) is 15.9. The van der Waals surface area contributed by atoms with Crippen molar-refractivity contribution in [3.8, 4) is 0 Å². The van der Waals surface area contributed by atoms with Crippen molar-refractivity contribution in [2.24, 2.45) is 23.7 Å². The fraction of sp³-hybridized carbons (Fsp3) is 0.895. The Hall–Kier alpha value is -0.670. The van der Waals surface area contributed by atoms with Gasteiger partial charge in [0.2, 0.25) is 5.79 Å². The average Bonchev–Trinajstić information content (AvgIpc) is 2.82. The molecule has 8 heteroatoms. The Balaban J connectivity index is 1.83. The van der Waals surface area contributed by atoms with Gasteiger partial charge in [-0.2, -0.15) is 13.2 Å². The molecule has 0 aromatic heterocycles. The normalized spacial score (nSPS) is 52.1. The summed E-state index contributed by atoms with van der Waals surface area (Å²) in [6, 6.07) is 0. The number of halogens is 3. The molecule has 4 aliphatic heterocycles. The number of fused-ring (bicyclic) bond motifs is 2. The number of alkyl halides is 3. The zero-order chi connectivity index (χ0) is 19.7. The Morgan fingerprint density at radius 2 is 1.85 bits per heavy atom. The van der Waals surface area contributed by atoms with Crippen LogP contribution < -0.4 is 0 Å². The maximum absolute atomic E-state index is 14.3. The third-order valence-electron chi connectivity index (χ3n) is 7.07. The molecule has 0 radical (unpaired) electrons. The van der Waals surface area contributed by atoms with Gasteiger partial charge in [-0.05, 0) is 38.0 Å². The molecule has 27 heavy (non-hydrogen) atoms. The van der Waals surface area contributed by atoms with Crippen molar-refractivity contribution in [3.63, 3.8) is 0 Å². The Morgan fingerprint density at radius 1 is 1.11 bits per heavy atom. The Kier molecular flexibility index (Phi) is 4.48. The third kappa shape index (κ3) is 2.56. The first-order valence-electron chi connectivity index (χ1n) is 9.64. The lowest BCUT2D eigenvalue weighted by Gasteiger charge is -2.62. The second kappa shape index (κ2) is 6.16. The zero-order valence-electron chi connectivity index (χ0n) is 15.9. The van der Waals surface area contributed by atoms with Crippen LogP contribution in [0.1, 0.15) is 46.5 Å². The molecule has 0 aromatic carbocycles. The van der Waals surface area contributed by atoms with Gasteiger partial charge in [-0.3, -0.25) is 0 Å². The number of rotatable bonds is 3. The number of hydrogen-bond donors (Lipinski definition) is 0. The lowest BCUT2D eigenvalue weighted by Crippen LogP contribution is -2.76. The van der Waals surface area contributed by atoms with Crippen LogP contribution in [0.4, 0.5) is 13.2 Å². The quantitative estimate of drug-likeness (QED) is 0.529. The van der Waals surface area contributed by atoms with E-state index in [4.69, 9.17) is 24.0 Å². The highest BCUT2D eigenvalue weighted by Gasteiger charge is 2.77. The highest BCUT2D eigenvalue weighted by Crippen LogP contribution is 2.64. The van der Waals surface area contributed by atoms with E-state index < -0.39 is 41.5 Å². The van der Waals surface area contributed by atoms with Crippen LogP contribution >= 0.6 is 0 Å². The molecule has 2 bridgehead atoms. The van der Waals surface area contributed by atoms with E-state index in [9.17, 15) is 13.2 Å². The van der Waals surface area contributed by atoms with Gasteiger partial charge in [-0.1, -0.05) is 19.9 Å². The van der Waals surface area contributed by atoms with Crippen LogP contribution in [0.2, 0.25) is 0 Å². The fourth-order valence-electron chi connectivity index (χ4n) is 5.67. The molecule has 1 aliphatic carbocycles. The molecule has 5 rings (SSSR count). The molecule has 154 valence electrons. The van der Waals surface area contributed by atoms with Gasteiger partial charge in [0, 0.05) is 18.3 Å². The summed E-state index contributed by atoms with van der Waals surface area (Å²) < 4.78 is 59.7. The van der Waals surface area contributed by atoms with Gasteiger partial charge in [0.1, 0.15) is 0 Å². The predicted octanol–water partition coefficient (Wildman–Crippen LogP) is 4.33. The SMILES string of the molecule is C=CCO[C@@]1(C(F)(F)F)O[C@@H]2O[C@]3(C)CC[C@H]4[C@H](C)CCC([C@H]1C)C24OO3. The van der Waals surface area contributed by atoms with Crippen molar-refractivity contribution in [2.75, 3.05) is 6.61 Å². The summed E-state index contributed by atoms with van der Waals surface area (Å²) >= 11 is 0. The fourth-order valence-corrected chi connectivity index (χ4v) is 5.67.